The average Bonchev–Trinajstić information content (AvgIpc) is 2.67. The molecule has 0 aliphatic carbocycles. The normalized spacial score (nSPS) is 21.2. The second-order valence-electron chi connectivity index (χ2n) is 4.73. The molecule has 1 aromatic rings. The van der Waals surface area contributed by atoms with Crippen LogP contribution in [0.5, 0.6) is 0 Å². The number of hydrogen-bond donors (Lipinski definition) is 2. The van der Waals surface area contributed by atoms with Crippen molar-refractivity contribution in [2.45, 2.75) is 25.6 Å². The Morgan fingerprint density at radius 2 is 2.00 bits per heavy atom. The maximum absolute atomic E-state index is 12.7. The number of alkyl halides is 3. The minimum atomic E-state index is -4.66. The molecule has 0 saturated carbocycles. The van der Waals surface area contributed by atoms with Gasteiger partial charge in [0.2, 0.25) is 5.82 Å². The van der Waals surface area contributed by atoms with Crippen molar-refractivity contribution < 1.29 is 21.6 Å². The summed E-state index contributed by atoms with van der Waals surface area (Å²) in [5.41, 5.74) is 0. The Kier molecular flexibility index (Phi) is 4.26. The summed E-state index contributed by atoms with van der Waals surface area (Å²) < 4.78 is 61.0. The van der Waals surface area contributed by atoms with E-state index in [1.807, 2.05) is 0 Å². The molecule has 0 bridgehead atoms. The van der Waals surface area contributed by atoms with Crippen LogP contribution in [0.2, 0.25) is 0 Å². The third-order valence-electron chi connectivity index (χ3n) is 2.92. The van der Waals surface area contributed by atoms with Crippen molar-refractivity contribution in [3.63, 3.8) is 0 Å². The molecule has 2 rings (SSSR count). The molecule has 6 nitrogen and oxygen atoms in total. The molecule has 1 aliphatic rings. The molecule has 0 radical (unpaired) electrons. The van der Waals surface area contributed by atoms with Gasteiger partial charge in [-0.1, -0.05) is 0 Å². The molecular weight excluding hydrogens is 309 g/mol. The molecule has 2 heterocycles. The topological polar surface area (TPSA) is 84.0 Å². The summed E-state index contributed by atoms with van der Waals surface area (Å²) in [4.78, 5) is 6.81. The lowest BCUT2D eigenvalue weighted by Gasteiger charge is -2.15. The smallest absolute Gasteiger partial charge is 0.370 e. The Labute approximate surface area is 120 Å². The van der Waals surface area contributed by atoms with Crippen molar-refractivity contribution in [2.24, 2.45) is 0 Å². The van der Waals surface area contributed by atoms with Crippen LogP contribution in [0.1, 0.15) is 19.2 Å². The highest BCUT2D eigenvalue weighted by Gasteiger charge is 2.36. The molecule has 1 aliphatic heterocycles. The Bertz CT molecular complexity index is 618. The highest BCUT2D eigenvalue weighted by molar-refractivity contribution is 7.91. The first kappa shape index (κ1) is 15.8. The minimum absolute atomic E-state index is 0.0297. The Balaban J connectivity index is 2.24. The molecule has 0 aromatic carbocycles. The first-order valence-electron chi connectivity index (χ1n) is 6.37. The quantitative estimate of drug-likeness (QED) is 0.874. The van der Waals surface area contributed by atoms with Gasteiger partial charge in [0.25, 0.3) is 0 Å². The van der Waals surface area contributed by atoms with Crippen molar-refractivity contribution in [3.8, 4) is 0 Å². The number of rotatable bonds is 4. The predicted octanol–water partition coefficient (Wildman–Crippen LogP) is 1.53. The van der Waals surface area contributed by atoms with Crippen LogP contribution in [-0.2, 0) is 16.0 Å². The van der Waals surface area contributed by atoms with Gasteiger partial charge in [0.1, 0.15) is 11.6 Å². The van der Waals surface area contributed by atoms with E-state index in [0.29, 0.717) is 13.0 Å². The van der Waals surface area contributed by atoms with Crippen LogP contribution >= 0.6 is 0 Å². The van der Waals surface area contributed by atoms with Crippen LogP contribution in [0.4, 0.5) is 24.8 Å². The van der Waals surface area contributed by atoms with Gasteiger partial charge in [-0.2, -0.15) is 13.2 Å². The van der Waals surface area contributed by atoms with Gasteiger partial charge in [0.05, 0.1) is 11.5 Å². The van der Waals surface area contributed by atoms with Gasteiger partial charge in [-0.3, -0.25) is 0 Å². The van der Waals surface area contributed by atoms with Crippen molar-refractivity contribution >= 4 is 21.5 Å². The van der Waals surface area contributed by atoms with Crippen LogP contribution in [0.15, 0.2) is 6.07 Å². The number of anilines is 2. The number of aromatic nitrogens is 2. The highest BCUT2D eigenvalue weighted by Crippen LogP contribution is 2.29. The monoisotopic (exact) mass is 324 g/mol. The summed E-state index contributed by atoms with van der Waals surface area (Å²) in [6.07, 6.45) is -4.31. The molecule has 1 aromatic heterocycles. The van der Waals surface area contributed by atoms with Gasteiger partial charge in [-0.05, 0) is 13.3 Å². The zero-order valence-corrected chi connectivity index (χ0v) is 12.1. The third kappa shape index (κ3) is 4.19. The summed E-state index contributed by atoms with van der Waals surface area (Å²) in [5, 5.41) is 5.43. The van der Waals surface area contributed by atoms with Gasteiger partial charge in [0.15, 0.2) is 9.84 Å². The van der Waals surface area contributed by atoms with Crippen LogP contribution in [0.25, 0.3) is 0 Å². The van der Waals surface area contributed by atoms with Crippen molar-refractivity contribution in [3.05, 3.63) is 11.9 Å². The first-order valence-corrected chi connectivity index (χ1v) is 8.19. The van der Waals surface area contributed by atoms with E-state index in [2.05, 4.69) is 20.6 Å². The molecule has 0 spiro atoms. The lowest BCUT2D eigenvalue weighted by Crippen LogP contribution is -2.23. The molecule has 1 saturated heterocycles. The van der Waals surface area contributed by atoms with Gasteiger partial charge < -0.3 is 10.6 Å². The lowest BCUT2D eigenvalue weighted by molar-refractivity contribution is -0.144. The lowest BCUT2D eigenvalue weighted by atomic mass is 10.2. The Hall–Kier alpha value is -1.58. The fraction of sp³-hybridized carbons (Fsp3) is 0.636. The second kappa shape index (κ2) is 5.66. The minimum Gasteiger partial charge on any atom is -0.370 e. The van der Waals surface area contributed by atoms with E-state index < -0.39 is 27.9 Å². The summed E-state index contributed by atoms with van der Waals surface area (Å²) in [6, 6.07) is 0.907. The standard InChI is InChI=1S/C11H15F3N4O2S/c1-2-15-8-5-9(18-10(17-8)11(12,13)14)16-7-3-4-21(19,20)6-7/h5,7H,2-4,6H2,1H3,(H2,15,16,17,18). The molecule has 10 heteroatoms. The summed E-state index contributed by atoms with van der Waals surface area (Å²) in [7, 11) is -3.12. The number of nitrogens with zero attached hydrogens (tertiary/aromatic N) is 2. The van der Waals surface area contributed by atoms with Crippen LogP contribution in [0, 0.1) is 0 Å². The highest BCUT2D eigenvalue weighted by atomic mass is 32.2. The third-order valence-corrected chi connectivity index (χ3v) is 4.69. The molecule has 118 valence electrons. The molecule has 2 N–H and O–H groups in total. The summed E-state index contributed by atoms with van der Waals surface area (Å²) in [5.74, 6) is -1.32. The fourth-order valence-electron chi connectivity index (χ4n) is 2.04. The molecule has 1 atom stereocenters. The van der Waals surface area contributed by atoms with E-state index in [1.165, 1.54) is 6.07 Å². The van der Waals surface area contributed by atoms with Crippen LogP contribution in [-0.4, -0.2) is 42.5 Å². The Morgan fingerprint density at radius 3 is 2.52 bits per heavy atom. The Morgan fingerprint density at radius 1 is 1.33 bits per heavy atom. The molecular formula is C11H15F3N4O2S. The number of hydrogen-bond acceptors (Lipinski definition) is 6. The molecule has 0 amide bonds. The van der Waals surface area contributed by atoms with Crippen molar-refractivity contribution in [1.82, 2.24) is 9.97 Å². The van der Waals surface area contributed by atoms with Crippen molar-refractivity contribution in [1.29, 1.82) is 0 Å². The number of nitrogens with one attached hydrogen (secondary N) is 2. The van der Waals surface area contributed by atoms with Gasteiger partial charge in [-0.15, -0.1) is 0 Å². The van der Waals surface area contributed by atoms with Gasteiger partial charge in [-0.25, -0.2) is 18.4 Å². The number of sulfone groups is 1. The molecule has 1 fully saturated rings. The van der Waals surface area contributed by atoms with E-state index in [1.54, 1.807) is 6.92 Å². The first-order chi connectivity index (χ1) is 9.69. The van der Waals surface area contributed by atoms with E-state index >= 15 is 0 Å². The molecule has 1 unspecified atom stereocenters. The second-order valence-corrected chi connectivity index (χ2v) is 6.96. The average molecular weight is 324 g/mol. The van der Waals surface area contributed by atoms with Crippen molar-refractivity contribution in [2.75, 3.05) is 28.7 Å². The van der Waals surface area contributed by atoms with E-state index in [4.69, 9.17) is 0 Å². The maximum atomic E-state index is 12.7. The van der Waals surface area contributed by atoms with Crippen LogP contribution < -0.4 is 10.6 Å². The summed E-state index contributed by atoms with van der Waals surface area (Å²) in [6.45, 7) is 2.14. The van der Waals surface area contributed by atoms with E-state index in [0.717, 1.165) is 0 Å². The maximum Gasteiger partial charge on any atom is 0.451 e. The predicted molar refractivity (Wildman–Crippen MR) is 71.9 cm³/mol. The van der Waals surface area contributed by atoms with E-state index in [-0.39, 0.29) is 23.1 Å². The zero-order valence-electron chi connectivity index (χ0n) is 11.2. The summed E-state index contributed by atoms with van der Waals surface area (Å²) >= 11 is 0. The number of halogens is 3. The van der Waals surface area contributed by atoms with Crippen LogP contribution in [0.3, 0.4) is 0 Å². The fourth-order valence-corrected chi connectivity index (χ4v) is 3.71. The van der Waals surface area contributed by atoms with Gasteiger partial charge in [0, 0.05) is 18.7 Å². The SMILES string of the molecule is CCNc1cc(NC2CCS(=O)(=O)C2)nc(C(F)(F)F)n1. The van der Waals surface area contributed by atoms with E-state index in [9.17, 15) is 21.6 Å². The largest absolute Gasteiger partial charge is 0.451 e. The zero-order chi connectivity index (χ0) is 15.7. The molecule has 21 heavy (non-hydrogen) atoms. The van der Waals surface area contributed by atoms with Gasteiger partial charge >= 0.3 is 6.18 Å².